The number of nitrogens with one attached hydrogen (secondary N) is 3. The van der Waals surface area contributed by atoms with Gasteiger partial charge in [-0.05, 0) is 79.9 Å². The Morgan fingerprint density at radius 2 is 1.96 bits per heavy atom. The summed E-state index contributed by atoms with van der Waals surface area (Å²) in [7, 11) is -4.51. The number of rotatable bonds is 8. The number of aromatic nitrogens is 2. The van der Waals surface area contributed by atoms with Gasteiger partial charge in [-0.2, -0.15) is 0 Å². The summed E-state index contributed by atoms with van der Waals surface area (Å²) in [6, 6.07) is 8.05. The van der Waals surface area contributed by atoms with Crippen LogP contribution >= 0.6 is 11.6 Å². The van der Waals surface area contributed by atoms with Crippen LogP contribution in [0.15, 0.2) is 47.5 Å². The molecular formula is C31H30ClF2N5O5S. The zero-order valence-corrected chi connectivity index (χ0v) is 26.0. The standard InChI is InChI=1S/C31H30ClF2N5O5S/c1-3-17-10-18(11-19-14-36-31(38-29(17)19)37-21-6-8-35-9-7-21)27-23(33)4-5-24(28(27)34)39-45(41,42)26-13-20(32)12-22-25(44-16(2)40)15-43-30(22)26/h4-5,10-14,21,25,35,39H,3,6-9,15H2,1-2H3,(H,36,37,38). The summed E-state index contributed by atoms with van der Waals surface area (Å²) in [6.07, 6.45) is 3.17. The van der Waals surface area contributed by atoms with Crippen LogP contribution in [0.2, 0.25) is 5.02 Å². The Morgan fingerprint density at radius 3 is 2.69 bits per heavy atom. The van der Waals surface area contributed by atoms with Gasteiger partial charge in [0.2, 0.25) is 5.95 Å². The van der Waals surface area contributed by atoms with Crippen molar-refractivity contribution in [1.82, 2.24) is 15.3 Å². The molecule has 0 saturated carbocycles. The fraction of sp³-hybridized carbons (Fsp3) is 0.323. The number of piperidine rings is 1. The summed E-state index contributed by atoms with van der Waals surface area (Å²) in [6.45, 7) is 4.83. The fourth-order valence-corrected chi connectivity index (χ4v) is 7.23. The van der Waals surface area contributed by atoms with Crippen LogP contribution in [0.1, 0.15) is 43.9 Å². The predicted octanol–water partition coefficient (Wildman–Crippen LogP) is 5.75. The number of esters is 1. The zero-order chi connectivity index (χ0) is 31.9. The molecule has 0 aliphatic carbocycles. The number of sulfonamides is 1. The number of nitrogens with zero attached hydrogens (tertiary/aromatic N) is 2. The lowest BCUT2D eigenvalue weighted by atomic mass is 9.97. The van der Waals surface area contributed by atoms with E-state index in [0.717, 1.165) is 49.7 Å². The van der Waals surface area contributed by atoms with E-state index >= 15 is 8.78 Å². The smallest absolute Gasteiger partial charge is 0.303 e. The quantitative estimate of drug-likeness (QED) is 0.203. The van der Waals surface area contributed by atoms with Crippen molar-refractivity contribution in [3.63, 3.8) is 0 Å². The lowest BCUT2D eigenvalue weighted by Crippen LogP contribution is -2.35. The molecule has 1 unspecified atom stereocenters. The normalized spacial score (nSPS) is 16.7. The number of ether oxygens (including phenoxy) is 2. The second-order valence-electron chi connectivity index (χ2n) is 10.9. The van der Waals surface area contributed by atoms with Crippen LogP contribution in [0.4, 0.5) is 20.4 Å². The lowest BCUT2D eigenvalue weighted by Gasteiger charge is -2.23. The van der Waals surface area contributed by atoms with Crippen LogP contribution < -0.4 is 20.1 Å². The first kappa shape index (κ1) is 30.9. The van der Waals surface area contributed by atoms with E-state index in [1.807, 2.05) is 6.92 Å². The Labute approximate surface area is 263 Å². The average molecular weight is 658 g/mol. The molecule has 0 spiro atoms. The van der Waals surface area contributed by atoms with E-state index in [4.69, 9.17) is 26.1 Å². The number of hydrogen-bond donors (Lipinski definition) is 3. The van der Waals surface area contributed by atoms with Gasteiger partial charge in [0.25, 0.3) is 10.0 Å². The Hall–Kier alpha value is -4.07. The summed E-state index contributed by atoms with van der Waals surface area (Å²) >= 11 is 6.20. The molecule has 0 amide bonds. The van der Waals surface area contributed by atoms with Crippen molar-refractivity contribution in [2.24, 2.45) is 0 Å². The minimum atomic E-state index is -4.51. The van der Waals surface area contributed by atoms with Crippen molar-refractivity contribution < 1.29 is 31.5 Å². The van der Waals surface area contributed by atoms with E-state index in [9.17, 15) is 13.2 Å². The third kappa shape index (κ3) is 6.24. The molecule has 3 aromatic carbocycles. The summed E-state index contributed by atoms with van der Waals surface area (Å²) < 4.78 is 71.4. The molecule has 2 aliphatic heterocycles. The van der Waals surface area contributed by atoms with E-state index in [-0.39, 0.29) is 39.4 Å². The number of aryl methyl sites for hydroxylation is 1. The van der Waals surface area contributed by atoms with Crippen LogP contribution in [0.5, 0.6) is 5.75 Å². The monoisotopic (exact) mass is 657 g/mol. The topological polar surface area (TPSA) is 132 Å². The van der Waals surface area contributed by atoms with E-state index in [1.54, 1.807) is 18.3 Å². The lowest BCUT2D eigenvalue weighted by molar-refractivity contribution is -0.147. The molecule has 0 bridgehead atoms. The van der Waals surface area contributed by atoms with Crippen molar-refractivity contribution >= 4 is 50.1 Å². The van der Waals surface area contributed by atoms with Crippen LogP contribution in [-0.2, 0) is 26.0 Å². The largest absolute Gasteiger partial charge is 0.487 e. The van der Waals surface area contributed by atoms with Crippen LogP contribution in [0.25, 0.3) is 22.0 Å². The number of benzene rings is 3. The van der Waals surface area contributed by atoms with E-state index < -0.39 is 45.0 Å². The first-order chi connectivity index (χ1) is 21.5. The van der Waals surface area contributed by atoms with Gasteiger partial charge in [0.15, 0.2) is 11.9 Å². The summed E-state index contributed by atoms with van der Waals surface area (Å²) in [5, 5.41) is 7.31. The molecule has 236 valence electrons. The van der Waals surface area contributed by atoms with E-state index in [2.05, 4.69) is 20.3 Å². The van der Waals surface area contributed by atoms with Crippen LogP contribution in [-0.4, -0.2) is 50.1 Å². The van der Waals surface area contributed by atoms with Crippen LogP contribution in [0.3, 0.4) is 0 Å². The van der Waals surface area contributed by atoms with Crippen molar-refractivity contribution in [2.45, 2.75) is 50.2 Å². The maximum absolute atomic E-state index is 16.1. The predicted molar refractivity (Wildman–Crippen MR) is 166 cm³/mol. The van der Waals surface area contributed by atoms with Gasteiger partial charge in [-0.1, -0.05) is 18.5 Å². The minimum absolute atomic E-state index is 0.0385. The molecule has 3 N–H and O–H groups in total. The molecule has 2 aliphatic rings. The van der Waals surface area contributed by atoms with Crippen molar-refractivity contribution in [3.8, 4) is 16.9 Å². The maximum atomic E-state index is 16.1. The minimum Gasteiger partial charge on any atom is -0.487 e. The van der Waals surface area contributed by atoms with Gasteiger partial charge in [-0.25, -0.2) is 27.2 Å². The highest BCUT2D eigenvalue weighted by Gasteiger charge is 2.34. The first-order valence-electron chi connectivity index (χ1n) is 14.5. The van der Waals surface area contributed by atoms with E-state index in [1.165, 1.54) is 13.0 Å². The SMILES string of the molecule is CCc1cc(-c2c(F)ccc(NS(=O)(=O)c3cc(Cl)cc4c3OCC4OC(C)=O)c2F)cc2cnc(NC3CCNCC3)nc12. The van der Waals surface area contributed by atoms with Gasteiger partial charge in [0.1, 0.15) is 23.1 Å². The summed E-state index contributed by atoms with van der Waals surface area (Å²) in [5.41, 5.74) is 0.980. The van der Waals surface area contributed by atoms with Crippen molar-refractivity contribution in [1.29, 1.82) is 0 Å². The number of carbonyl (C=O) groups excluding carboxylic acids is 1. The van der Waals surface area contributed by atoms with Crippen molar-refractivity contribution in [2.75, 3.05) is 29.7 Å². The number of carbonyl (C=O) groups is 1. The maximum Gasteiger partial charge on any atom is 0.303 e. The molecule has 10 nitrogen and oxygen atoms in total. The van der Waals surface area contributed by atoms with Crippen LogP contribution in [0, 0.1) is 11.6 Å². The van der Waals surface area contributed by atoms with Crippen molar-refractivity contribution in [3.05, 3.63) is 70.4 Å². The second-order valence-corrected chi connectivity index (χ2v) is 13.0. The van der Waals surface area contributed by atoms with Gasteiger partial charge >= 0.3 is 5.97 Å². The number of anilines is 2. The first-order valence-corrected chi connectivity index (χ1v) is 16.3. The van der Waals surface area contributed by atoms with Gasteiger partial charge in [-0.3, -0.25) is 9.52 Å². The van der Waals surface area contributed by atoms with Gasteiger partial charge < -0.3 is 20.1 Å². The molecular weight excluding hydrogens is 628 g/mol. The third-order valence-electron chi connectivity index (χ3n) is 7.81. The molecule has 1 fully saturated rings. The molecule has 3 heterocycles. The molecule has 6 rings (SSSR count). The molecule has 0 radical (unpaired) electrons. The highest BCUT2D eigenvalue weighted by molar-refractivity contribution is 7.92. The highest BCUT2D eigenvalue weighted by Crippen LogP contribution is 2.43. The molecule has 1 atom stereocenters. The molecule has 45 heavy (non-hydrogen) atoms. The number of hydrogen-bond acceptors (Lipinski definition) is 9. The molecule has 14 heteroatoms. The molecule has 1 saturated heterocycles. The third-order valence-corrected chi connectivity index (χ3v) is 9.40. The summed E-state index contributed by atoms with van der Waals surface area (Å²) in [5.74, 6) is -2.15. The second kappa shape index (κ2) is 12.4. The Balaban J connectivity index is 1.35. The van der Waals surface area contributed by atoms with Gasteiger partial charge in [0.05, 0.1) is 16.8 Å². The van der Waals surface area contributed by atoms with Gasteiger partial charge in [-0.15, -0.1) is 0 Å². The summed E-state index contributed by atoms with van der Waals surface area (Å²) in [4.78, 5) is 20.3. The van der Waals surface area contributed by atoms with Gasteiger partial charge in [0, 0.05) is 35.1 Å². The highest BCUT2D eigenvalue weighted by atomic mass is 35.5. The number of halogens is 3. The Kier molecular flexibility index (Phi) is 8.51. The zero-order valence-electron chi connectivity index (χ0n) is 24.4. The fourth-order valence-electron chi connectivity index (χ4n) is 5.68. The average Bonchev–Trinajstić information content (AvgIpc) is 3.39. The Bertz CT molecular complexity index is 1920. The molecule has 1 aromatic heterocycles. The number of fused-ring (bicyclic) bond motifs is 2. The van der Waals surface area contributed by atoms with E-state index in [0.29, 0.717) is 23.3 Å². The Morgan fingerprint density at radius 1 is 1.18 bits per heavy atom. The molecule has 4 aromatic rings.